The third kappa shape index (κ3) is 3.88. The fourth-order valence-electron chi connectivity index (χ4n) is 2.28. The van der Waals surface area contributed by atoms with Gasteiger partial charge >= 0.3 is 0 Å². The lowest BCUT2D eigenvalue weighted by atomic mass is 10.1. The first-order valence-electron chi connectivity index (χ1n) is 6.54. The summed E-state index contributed by atoms with van der Waals surface area (Å²) in [6, 6.07) is 5.40. The number of carbonyl (C=O) groups excluding carboxylic acids is 1. The molecule has 1 saturated heterocycles. The molecule has 0 N–H and O–H groups in total. The van der Waals surface area contributed by atoms with E-state index in [-0.39, 0.29) is 12.0 Å². The molecule has 20 heavy (non-hydrogen) atoms. The van der Waals surface area contributed by atoms with Crippen molar-refractivity contribution in [2.45, 2.75) is 18.9 Å². The molecule has 0 spiro atoms. The second-order valence-corrected chi connectivity index (χ2v) is 6.26. The van der Waals surface area contributed by atoms with Gasteiger partial charge in [0.2, 0.25) is 0 Å². The number of likely N-dealkylation sites (tertiary alicyclic amines) is 1. The van der Waals surface area contributed by atoms with Crippen molar-refractivity contribution in [2.75, 3.05) is 25.6 Å². The first-order valence-corrected chi connectivity index (χ1v) is 8.25. The maximum absolute atomic E-state index is 12.5. The number of alkyl halides is 1. The average molecular weight is 381 g/mol. The van der Waals surface area contributed by atoms with Gasteiger partial charge in [-0.2, -0.15) is 0 Å². The predicted molar refractivity (Wildman–Crippen MR) is 84.7 cm³/mol. The van der Waals surface area contributed by atoms with Crippen LogP contribution in [0.25, 0.3) is 0 Å². The van der Waals surface area contributed by atoms with Gasteiger partial charge in [0.15, 0.2) is 0 Å². The highest BCUT2D eigenvalue weighted by Gasteiger charge is 2.25. The monoisotopic (exact) mass is 379 g/mol. The quantitative estimate of drug-likeness (QED) is 0.740. The summed E-state index contributed by atoms with van der Waals surface area (Å²) in [7, 11) is 0. The summed E-state index contributed by atoms with van der Waals surface area (Å²) in [6.07, 6.45) is 1.89. The van der Waals surface area contributed by atoms with Gasteiger partial charge in [-0.25, -0.2) is 0 Å². The molecule has 1 amide bonds. The SMILES string of the molecule is O=C(c1cccc(Br)c1Cl)N1CCC(OCCCl)CC1. The lowest BCUT2D eigenvalue weighted by Gasteiger charge is -2.32. The second kappa shape index (κ2) is 7.64. The van der Waals surface area contributed by atoms with Gasteiger partial charge in [-0.1, -0.05) is 17.7 Å². The van der Waals surface area contributed by atoms with Gasteiger partial charge in [0.25, 0.3) is 5.91 Å². The van der Waals surface area contributed by atoms with E-state index in [1.54, 1.807) is 6.07 Å². The smallest absolute Gasteiger partial charge is 0.255 e. The fraction of sp³-hybridized carbons (Fsp3) is 0.500. The molecule has 0 aromatic heterocycles. The standard InChI is InChI=1S/C14H16BrCl2NO2/c15-12-3-1-2-11(13(12)17)14(19)18-7-4-10(5-8-18)20-9-6-16/h1-3,10H,4-9H2. The van der Waals surface area contributed by atoms with Crippen molar-refractivity contribution in [3.63, 3.8) is 0 Å². The van der Waals surface area contributed by atoms with Crippen molar-refractivity contribution in [2.24, 2.45) is 0 Å². The zero-order valence-corrected chi connectivity index (χ0v) is 14.0. The summed E-state index contributed by atoms with van der Waals surface area (Å²) in [5, 5.41) is 0.470. The molecule has 0 atom stereocenters. The van der Waals surface area contributed by atoms with E-state index >= 15 is 0 Å². The number of hydrogen-bond donors (Lipinski definition) is 0. The Balaban J connectivity index is 1.96. The molecule has 0 bridgehead atoms. The number of amides is 1. The van der Waals surface area contributed by atoms with Crippen molar-refractivity contribution in [3.8, 4) is 0 Å². The van der Waals surface area contributed by atoms with Crippen LogP contribution in [0.4, 0.5) is 0 Å². The summed E-state index contributed by atoms with van der Waals surface area (Å²) < 4.78 is 6.35. The average Bonchev–Trinajstić information content (AvgIpc) is 2.48. The molecule has 110 valence electrons. The van der Waals surface area contributed by atoms with Crippen molar-refractivity contribution < 1.29 is 9.53 Å². The summed E-state index contributed by atoms with van der Waals surface area (Å²) in [5.41, 5.74) is 0.543. The Labute approximate surface area is 137 Å². The Morgan fingerprint density at radius 2 is 2.10 bits per heavy atom. The first kappa shape index (κ1) is 16.1. The minimum Gasteiger partial charge on any atom is -0.377 e. The number of nitrogens with zero attached hydrogens (tertiary/aromatic N) is 1. The van der Waals surface area contributed by atoms with Gasteiger partial charge in [-0.05, 0) is 40.9 Å². The highest BCUT2D eigenvalue weighted by molar-refractivity contribution is 9.10. The number of rotatable bonds is 4. The van der Waals surface area contributed by atoms with Crippen molar-refractivity contribution in [3.05, 3.63) is 33.3 Å². The van der Waals surface area contributed by atoms with Crippen LogP contribution in [0.2, 0.25) is 5.02 Å². The summed E-state index contributed by atoms with van der Waals surface area (Å²) >= 11 is 15.1. The van der Waals surface area contributed by atoms with Gasteiger partial charge in [-0.3, -0.25) is 4.79 Å². The van der Waals surface area contributed by atoms with E-state index in [0.29, 0.717) is 36.2 Å². The molecule has 3 nitrogen and oxygen atoms in total. The van der Waals surface area contributed by atoms with E-state index in [9.17, 15) is 4.79 Å². The van der Waals surface area contributed by atoms with Gasteiger partial charge in [0, 0.05) is 23.4 Å². The van der Waals surface area contributed by atoms with Gasteiger partial charge in [0.05, 0.1) is 23.3 Å². The Bertz CT molecular complexity index is 476. The predicted octanol–water partition coefficient (Wildman–Crippen LogP) is 3.96. The molecule has 0 saturated carbocycles. The number of carbonyl (C=O) groups is 1. The maximum Gasteiger partial charge on any atom is 0.255 e. The number of benzene rings is 1. The van der Waals surface area contributed by atoms with E-state index in [1.165, 1.54) is 0 Å². The number of piperidine rings is 1. The number of halogens is 3. The second-order valence-electron chi connectivity index (χ2n) is 4.65. The first-order chi connectivity index (χ1) is 9.63. The van der Waals surface area contributed by atoms with Crippen LogP contribution >= 0.6 is 39.1 Å². The van der Waals surface area contributed by atoms with E-state index in [0.717, 1.165) is 17.3 Å². The molecule has 0 radical (unpaired) electrons. The summed E-state index contributed by atoms with van der Waals surface area (Å²) in [5.74, 6) is 0.486. The van der Waals surface area contributed by atoms with Crippen LogP contribution in [-0.4, -0.2) is 42.5 Å². The minimum absolute atomic E-state index is 0.0212. The number of hydrogen-bond acceptors (Lipinski definition) is 2. The van der Waals surface area contributed by atoms with Crippen LogP contribution in [0.3, 0.4) is 0 Å². The molecule has 1 aliphatic rings. The summed E-state index contributed by atoms with van der Waals surface area (Å²) in [4.78, 5) is 14.3. The molecular formula is C14H16BrCl2NO2. The molecule has 1 heterocycles. The van der Waals surface area contributed by atoms with E-state index in [1.807, 2.05) is 17.0 Å². The molecule has 6 heteroatoms. The van der Waals surface area contributed by atoms with Crippen molar-refractivity contribution in [1.82, 2.24) is 4.90 Å². The third-order valence-corrected chi connectivity index (χ3v) is 4.79. The minimum atomic E-state index is -0.0212. The number of ether oxygens (including phenoxy) is 1. The highest BCUT2D eigenvalue weighted by Crippen LogP contribution is 2.27. The molecule has 0 unspecified atom stereocenters. The Kier molecular flexibility index (Phi) is 6.15. The maximum atomic E-state index is 12.5. The molecule has 2 rings (SSSR count). The third-order valence-electron chi connectivity index (χ3n) is 3.34. The zero-order chi connectivity index (χ0) is 14.5. The Hall–Kier alpha value is -0.290. The van der Waals surface area contributed by atoms with Gasteiger partial charge in [-0.15, -0.1) is 11.6 Å². The van der Waals surface area contributed by atoms with E-state index in [4.69, 9.17) is 27.9 Å². The lowest BCUT2D eigenvalue weighted by Crippen LogP contribution is -2.41. The van der Waals surface area contributed by atoms with Crippen LogP contribution in [0.15, 0.2) is 22.7 Å². The van der Waals surface area contributed by atoms with Crippen LogP contribution in [0, 0.1) is 0 Å². The molecule has 0 aliphatic carbocycles. The molecule has 1 aromatic carbocycles. The molecule has 1 aromatic rings. The summed E-state index contributed by atoms with van der Waals surface area (Å²) in [6.45, 7) is 1.95. The van der Waals surface area contributed by atoms with Crippen LogP contribution in [0.1, 0.15) is 23.2 Å². The molecule has 1 aliphatic heterocycles. The Morgan fingerprint density at radius 3 is 2.75 bits per heavy atom. The van der Waals surface area contributed by atoms with Crippen LogP contribution in [0.5, 0.6) is 0 Å². The van der Waals surface area contributed by atoms with Crippen molar-refractivity contribution in [1.29, 1.82) is 0 Å². The van der Waals surface area contributed by atoms with Crippen LogP contribution in [-0.2, 0) is 4.74 Å². The topological polar surface area (TPSA) is 29.5 Å². The lowest BCUT2D eigenvalue weighted by molar-refractivity contribution is 0.0154. The molecule has 1 fully saturated rings. The normalized spacial score (nSPS) is 16.4. The van der Waals surface area contributed by atoms with E-state index in [2.05, 4.69) is 15.9 Å². The van der Waals surface area contributed by atoms with Crippen LogP contribution < -0.4 is 0 Å². The Morgan fingerprint density at radius 1 is 1.40 bits per heavy atom. The van der Waals surface area contributed by atoms with Gasteiger partial charge < -0.3 is 9.64 Å². The fourth-order valence-corrected chi connectivity index (χ4v) is 2.94. The van der Waals surface area contributed by atoms with E-state index < -0.39 is 0 Å². The highest BCUT2D eigenvalue weighted by atomic mass is 79.9. The molecular weight excluding hydrogens is 365 g/mol. The van der Waals surface area contributed by atoms with Gasteiger partial charge in [0.1, 0.15) is 0 Å². The van der Waals surface area contributed by atoms with Crippen molar-refractivity contribution >= 4 is 45.0 Å². The zero-order valence-electron chi connectivity index (χ0n) is 10.9. The largest absolute Gasteiger partial charge is 0.377 e.